The zero-order valence-corrected chi connectivity index (χ0v) is 13.6. The van der Waals surface area contributed by atoms with Crippen molar-refractivity contribution in [3.05, 3.63) is 52.4 Å². The molecule has 25 heavy (non-hydrogen) atoms. The van der Waals surface area contributed by atoms with Crippen molar-refractivity contribution in [2.75, 3.05) is 13.2 Å². The summed E-state index contributed by atoms with van der Waals surface area (Å²) >= 11 is 0. The van der Waals surface area contributed by atoms with Gasteiger partial charge in [0.15, 0.2) is 17.3 Å². The van der Waals surface area contributed by atoms with Crippen molar-refractivity contribution in [2.45, 2.75) is 19.9 Å². The van der Waals surface area contributed by atoms with Gasteiger partial charge < -0.3 is 14.0 Å². The van der Waals surface area contributed by atoms with E-state index in [0.717, 1.165) is 17.7 Å². The lowest BCUT2D eigenvalue weighted by atomic mass is 10.1. The summed E-state index contributed by atoms with van der Waals surface area (Å²) in [6.07, 6.45) is 0.845. The van der Waals surface area contributed by atoms with Crippen molar-refractivity contribution in [1.29, 1.82) is 0 Å². The predicted octanol–water partition coefficient (Wildman–Crippen LogP) is 1.81. The molecule has 4 rings (SSSR count). The van der Waals surface area contributed by atoms with Crippen LogP contribution in [-0.2, 0) is 6.54 Å². The van der Waals surface area contributed by atoms with Crippen molar-refractivity contribution in [3.63, 3.8) is 0 Å². The van der Waals surface area contributed by atoms with E-state index in [1.807, 2.05) is 18.2 Å². The average Bonchev–Trinajstić information content (AvgIpc) is 2.88. The van der Waals surface area contributed by atoms with E-state index >= 15 is 0 Å². The minimum absolute atomic E-state index is 0.147. The highest BCUT2D eigenvalue weighted by molar-refractivity contribution is 5.63. The molecule has 1 aromatic carbocycles. The molecule has 0 spiro atoms. The second kappa shape index (κ2) is 6.39. The molecule has 0 N–H and O–H groups in total. The highest BCUT2D eigenvalue weighted by Crippen LogP contribution is 2.33. The quantitative estimate of drug-likeness (QED) is 0.718. The van der Waals surface area contributed by atoms with Gasteiger partial charge in [-0.3, -0.25) is 4.79 Å². The van der Waals surface area contributed by atoms with Crippen molar-refractivity contribution in [1.82, 2.24) is 19.9 Å². The fourth-order valence-electron chi connectivity index (χ4n) is 2.58. The van der Waals surface area contributed by atoms with Crippen molar-refractivity contribution in [2.24, 2.45) is 0 Å². The largest absolute Gasteiger partial charge is 0.490 e. The highest BCUT2D eigenvalue weighted by atomic mass is 16.5. The second-order valence-electron chi connectivity index (χ2n) is 5.66. The fourth-order valence-corrected chi connectivity index (χ4v) is 2.58. The highest BCUT2D eigenvalue weighted by Gasteiger charge is 2.13. The first-order valence-electron chi connectivity index (χ1n) is 7.96. The molecule has 2 aromatic heterocycles. The molecule has 0 bridgehead atoms. The number of nitrogens with zero attached hydrogens (tertiary/aromatic N) is 4. The molecule has 0 saturated carbocycles. The van der Waals surface area contributed by atoms with E-state index in [-0.39, 0.29) is 12.1 Å². The van der Waals surface area contributed by atoms with E-state index in [2.05, 4.69) is 15.2 Å². The predicted molar refractivity (Wildman–Crippen MR) is 87.7 cm³/mol. The number of ether oxygens (including phenoxy) is 2. The summed E-state index contributed by atoms with van der Waals surface area (Å²) in [6.45, 7) is 3.09. The molecule has 0 fully saturated rings. The maximum atomic E-state index is 12.1. The smallest absolute Gasteiger partial charge is 0.267 e. The molecule has 1 aliphatic heterocycles. The number of rotatable bonds is 3. The van der Waals surface area contributed by atoms with Crippen LogP contribution < -0.4 is 15.0 Å². The van der Waals surface area contributed by atoms with Gasteiger partial charge in [0.05, 0.1) is 18.9 Å². The van der Waals surface area contributed by atoms with E-state index in [9.17, 15) is 4.79 Å². The van der Waals surface area contributed by atoms with Crippen molar-refractivity contribution in [3.8, 4) is 22.8 Å². The molecule has 3 aromatic rings. The Labute approximate surface area is 143 Å². The third-order valence-electron chi connectivity index (χ3n) is 3.77. The normalized spacial score (nSPS) is 13.5. The fraction of sp³-hybridized carbons (Fsp3) is 0.294. The van der Waals surface area contributed by atoms with Gasteiger partial charge in [-0.2, -0.15) is 10.1 Å². The van der Waals surface area contributed by atoms with Gasteiger partial charge in [-0.05, 0) is 24.3 Å². The Morgan fingerprint density at radius 1 is 1.12 bits per heavy atom. The molecule has 0 radical (unpaired) electrons. The molecule has 3 heterocycles. The van der Waals surface area contributed by atoms with Crippen LogP contribution in [0.3, 0.4) is 0 Å². The third kappa shape index (κ3) is 3.23. The Morgan fingerprint density at radius 2 is 1.96 bits per heavy atom. The van der Waals surface area contributed by atoms with E-state index in [1.165, 1.54) is 10.7 Å². The van der Waals surface area contributed by atoms with Crippen LogP contribution in [0.1, 0.15) is 18.1 Å². The monoisotopic (exact) mass is 340 g/mol. The number of aromatic nitrogens is 4. The standard InChI is InChI=1S/C17H16N4O4/c1-11-18-16(20-25-11)10-21-17(22)6-4-13(19-21)12-3-5-14-15(9-12)24-8-2-7-23-14/h3-6,9H,2,7-8,10H2,1H3. The maximum absolute atomic E-state index is 12.1. The first kappa shape index (κ1) is 15.4. The third-order valence-corrected chi connectivity index (χ3v) is 3.77. The molecule has 8 nitrogen and oxygen atoms in total. The maximum Gasteiger partial charge on any atom is 0.267 e. The molecule has 0 saturated heterocycles. The molecule has 8 heteroatoms. The summed E-state index contributed by atoms with van der Waals surface area (Å²) in [5.74, 6) is 2.25. The van der Waals surface area contributed by atoms with Crippen LogP contribution in [-0.4, -0.2) is 33.1 Å². The number of hydrogen-bond donors (Lipinski definition) is 0. The average molecular weight is 340 g/mol. The SMILES string of the molecule is Cc1nc(Cn2nc(-c3ccc4c(c3)OCCCO4)ccc2=O)no1. The molecular weight excluding hydrogens is 324 g/mol. The first-order chi connectivity index (χ1) is 12.2. The summed E-state index contributed by atoms with van der Waals surface area (Å²) in [4.78, 5) is 16.2. The summed E-state index contributed by atoms with van der Waals surface area (Å²) in [5, 5.41) is 8.21. The van der Waals surface area contributed by atoms with Crippen LogP contribution in [0, 0.1) is 6.92 Å². The van der Waals surface area contributed by atoms with Gasteiger partial charge in [-0.15, -0.1) is 0 Å². The van der Waals surface area contributed by atoms with Gasteiger partial charge in [0.1, 0.15) is 6.54 Å². The van der Waals surface area contributed by atoms with Gasteiger partial charge >= 0.3 is 0 Å². The lowest BCUT2D eigenvalue weighted by Crippen LogP contribution is -2.23. The van der Waals surface area contributed by atoms with Crippen molar-refractivity contribution >= 4 is 0 Å². The number of benzene rings is 1. The van der Waals surface area contributed by atoms with Crippen molar-refractivity contribution < 1.29 is 14.0 Å². The van der Waals surface area contributed by atoms with Crippen LogP contribution in [0.4, 0.5) is 0 Å². The minimum atomic E-state index is -0.236. The van der Waals surface area contributed by atoms with Crippen LogP contribution in [0.25, 0.3) is 11.3 Å². The van der Waals surface area contributed by atoms with Gasteiger partial charge in [0.25, 0.3) is 5.56 Å². The van der Waals surface area contributed by atoms with E-state index in [1.54, 1.807) is 13.0 Å². The minimum Gasteiger partial charge on any atom is -0.490 e. The zero-order chi connectivity index (χ0) is 17.2. The lowest BCUT2D eigenvalue weighted by molar-refractivity contribution is 0.297. The Hall–Kier alpha value is -3.16. The van der Waals surface area contributed by atoms with E-state index in [4.69, 9.17) is 14.0 Å². The van der Waals surface area contributed by atoms with E-state index < -0.39 is 0 Å². The second-order valence-corrected chi connectivity index (χ2v) is 5.66. The molecule has 1 aliphatic rings. The Morgan fingerprint density at radius 3 is 2.76 bits per heavy atom. The van der Waals surface area contributed by atoms with Gasteiger partial charge in [-0.1, -0.05) is 5.16 Å². The molecule has 0 aliphatic carbocycles. The Bertz CT molecular complexity index is 963. The number of aryl methyl sites for hydroxylation is 1. The molecule has 128 valence electrons. The Kier molecular flexibility index (Phi) is 3.93. The lowest BCUT2D eigenvalue weighted by Gasteiger charge is -2.10. The van der Waals surface area contributed by atoms with Gasteiger partial charge in [0.2, 0.25) is 5.89 Å². The van der Waals surface area contributed by atoms with Gasteiger partial charge in [0, 0.05) is 25.0 Å². The number of hydrogen-bond acceptors (Lipinski definition) is 7. The summed E-state index contributed by atoms with van der Waals surface area (Å²) < 4.78 is 17.6. The van der Waals surface area contributed by atoms with Gasteiger partial charge in [-0.25, -0.2) is 4.68 Å². The summed E-state index contributed by atoms with van der Waals surface area (Å²) in [5.41, 5.74) is 1.25. The first-order valence-corrected chi connectivity index (χ1v) is 7.96. The molecular formula is C17H16N4O4. The van der Waals surface area contributed by atoms with Crippen LogP contribution in [0.15, 0.2) is 39.6 Å². The Balaban J connectivity index is 1.68. The summed E-state index contributed by atoms with van der Waals surface area (Å²) in [7, 11) is 0. The van der Waals surface area contributed by atoms with Crippen LogP contribution in [0.5, 0.6) is 11.5 Å². The molecule has 0 unspecified atom stereocenters. The molecule has 0 atom stereocenters. The number of fused-ring (bicyclic) bond motifs is 1. The van der Waals surface area contributed by atoms with Crippen LogP contribution in [0.2, 0.25) is 0 Å². The molecule has 0 amide bonds. The van der Waals surface area contributed by atoms with E-state index in [0.29, 0.717) is 36.4 Å². The zero-order valence-electron chi connectivity index (χ0n) is 13.6. The summed E-state index contributed by atoms with van der Waals surface area (Å²) in [6, 6.07) is 8.77. The topological polar surface area (TPSA) is 92.3 Å². The van der Waals surface area contributed by atoms with Crippen LogP contribution >= 0.6 is 0 Å².